The van der Waals surface area contributed by atoms with Crippen molar-refractivity contribution >= 4 is 47.4 Å². The van der Waals surface area contributed by atoms with Gasteiger partial charge in [-0.05, 0) is 76.8 Å². The number of hydrogen-bond donors (Lipinski definition) is 4. The molecule has 15 nitrogen and oxygen atoms in total. The Morgan fingerprint density at radius 1 is 0.948 bits per heavy atom. The number of benzene rings is 2. The van der Waals surface area contributed by atoms with Gasteiger partial charge in [0.05, 0.1) is 18.9 Å². The molecule has 308 valence electrons. The Morgan fingerprint density at radius 3 is 2.24 bits per heavy atom. The predicted octanol–water partition coefficient (Wildman–Crippen LogP) is 4.94. The monoisotopic (exact) mass is 798 g/mol. The molecule has 0 radical (unpaired) electrons. The van der Waals surface area contributed by atoms with Gasteiger partial charge < -0.3 is 40.5 Å². The Bertz CT molecular complexity index is 2060. The molecular weight excluding hydrogens is 748 g/mol. The minimum Gasteiger partial charge on any atom is -0.427 e. The molecule has 1 aliphatic rings. The number of aliphatic hydroxyl groups is 1. The van der Waals surface area contributed by atoms with Crippen LogP contribution >= 0.6 is 0 Å². The minimum atomic E-state index is -1.12. The number of nitrogens with two attached hydrogens (primary N) is 1. The number of hydrogen-bond acceptors (Lipinski definition) is 14. The molecule has 15 heteroatoms. The number of carbonyl (C=O) groups excluding carboxylic acids is 6. The molecule has 4 rings (SSSR count). The summed E-state index contributed by atoms with van der Waals surface area (Å²) in [5.74, 6) is -4.31. The standard InChI is InChI=1S/C43H50N4O11/c1-7-28-17-33(36(49)16-26-10-12-29(13-11-26)34(44)19-37(50)57-25(6)58-41(52)24(4)5)32(18-30(28)21-48)31-14-15-35(40(51)46-20-27-8-9-27)47-39(31)43(54)56-22-55-42(53)38(45)23(2)3/h7,10-15,17-18,23-25,27,38,44,48H,1,8-9,16,19-22,45H2,2-6H3,(H,46,51)/t25?,38-/m0/s1. The van der Waals surface area contributed by atoms with E-state index in [1.165, 1.54) is 37.3 Å². The molecule has 1 saturated carbocycles. The Labute approximate surface area is 336 Å². The van der Waals surface area contributed by atoms with Crippen LogP contribution < -0.4 is 11.1 Å². The lowest BCUT2D eigenvalue weighted by molar-refractivity contribution is -0.186. The van der Waals surface area contributed by atoms with E-state index < -0.39 is 67.2 Å². The SMILES string of the molecule is C=Cc1cc(C(=O)Cc2ccc(C(=N)CC(=O)OC(C)OC(=O)C(C)C)cc2)c(-c2ccc(C(=O)NCC3CC3)nc2C(=O)OCOC(=O)[C@@H](N)C(C)C)cc1CO. The average molecular weight is 799 g/mol. The number of nitrogens with one attached hydrogen (secondary N) is 2. The third-order valence-corrected chi connectivity index (χ3v) is 9.25. The van der Waals surface area contributed by atoms with E-state index in [2.05, 4.69) is 16.9 Å². The van der Waals surface area contributed by atoms with E-state index in [-0.39, 0.29) is 52.5 Å². The minimum absolute atomic E-state index is 0.0584. The van der Waals surface area contributed by atoms with Crippen LogP contribution in [0.1, 0.15) is 107 Å². The molecule has 2 aromatic carbocycles. The van der Waals surface area contributed by atoms with Gasteiger partial charge >= 0.3 is 23.9 Å². The van der Waals surface area contributed by atoms with Crippen LogP contribution in [0.15, 0.2) is 55.1 Å². The van der Waals surface area contributed by atoms with Crippen LogP contribution in [0, 0.1) is 23.2 Å². The van der Waals surface area contributed by atoms with Crippen molar-refractivity contribution in [3.8, 4) is 11.1 Å². The highest BCUT2D eigenvalue weighted by atomic mass is 16.7. The molecule has 1 unspecified atom stereocenters. The fourth-order valence-corrected chi connectivity index (χ4v) is 5.53. The highest BCUT2D eigenvalue weighted by molar-refractivity contribution is 6.09. The Kier molecular flexibility index (Phi) is 15.7. The van der Waals surface area contributed by atoms with Gasteiger partial charge in [-0.15, -0.1) is 0 Å². The van der Waals surface area contributed by atoms with Crippen molar-refractivity contribution in [3.63, 3.8) is 0 Å². The van der Waals surface area contributed by atoms with Crippen LogP contribution in [-0.4, -0.2) is 77.0 Å². The number of pyridine rings is 1. The van der Waals surface area contributed by atoms with Crippen molar-refractivity contribution in [2.45, 2.75) is 79.2 Å². The fraction of sp³-hybridized carbons (Fsp3) is 0.395. The van der Waals surface area contributed by atoms with Crippen molar-refractivity contribution in [1.82, 2.24) is 10.3 Å². The van der Waals surface area contributed by atoms with Gasteiger partial charge in [-0.1, -0.05) is 64.6 Å². The van der Waals surface area contributed by atoms with Crippen molar-refractivity contribution in [3.05, 3.63) is 94.3 Å². The number of aliphatic hydroxyl groups excluding tert-OH is 1. The van der Waals surface area contributed by atoms with Crippen molar-refractivity contribution in [1.29, 1.82) is 5.41 Å². The lowest BCUT2D eigenvalue weighted by atomic mass is 9.89. The highest BCUT2D eigenvalue weighted by Gasteiger charge is 2.27. The predicted molar refractivity (Wildman–Crippen MR) is 212 cm³/mol. The maximum atomic E-state index is 14.1. The zero-order valence-corrected chi connectivity index (χ0v) is 33.3. The number of aromatic nitrogens is 1. The molecule has 1 fully saturated rings. The quantitative estimate of drug-likeness (QED) is 0.0514. The summed E-state index contributed by atoms with van der Waals surface area (Å²) in [7, 11) is 0. The number of Topliss-reactive ketones (excluding diaryl/α,β-unsaturated/α-hetero) is 1. The summed E-state index contributed by atoms with van der Waals surface area (Å²) in [5.41, 5.74) is 7.59. The molecular formula is C43H50N4O11. The average Bonchev–Trinajstić information content (AvgIpc) is 4.03. The van der Waals surface area contributed by atoms with E-state index in [1.807, 2.05) is 0 Å². The van der Waals surface area contributed by atoms with Crippen LogP contribution in [0.4, 0.5) is 0 Å². The molecule has 1 heterocycles. The van der Waals surface area contributed by atoms with Crippen molar-refractivity contribution < 1.29 is 52.8 Å². The molecule has 5 N–H and O–H groups in total. The first kappa shape index (κ1) is 44.7. The smallest absolute Gasteiger partial charge is 0.360 e. The molecule has 0 bridgehead atoms. The van der Waals surface area contributed by atoms with Gasteiger partial charge in [0.25, 0.3) is 5.91 Å². The Hall–Kier alpha value is -6.06. The molecule has 2 atom stereocenters. The van der Waals surface area contributed by atoms with Gasteiger partial charge in [0.1, 0.15) is 11.7 Å². The molecule has 1 aliphatic carbocycles. The van der Waals surface area contributed by atoms with E-state index in [0.29, 0.717) is 34.7 Å². The van der Waals surface area contributed by atoms with Gasteiger partial charge in [0, 0.05) is 36.7 Å². The second kappa shape index (κ2) is 20.4. The van der Waals surface area contributed by atoms with Crippen molar-refractivity contribution in [2.75, 3.05) is 13.3 Å². The van der Waals surface area contributed by atoms with Gasteiger partial charge in [0.2, 0.25) is 13.1 Å². The number of carbonyl (C=O) groups is 6. The number of ether oxygens (including phenoxy) is 4. The summed E-state index contributed by atoms with van der Waals surface area (Å²) >= 11 is 0. The van der Waals surface area contributed by atoms with Gasteiger partial charge in [-0.3, -0.25) is 24.0 Å². The van der Waals surface area contributed by atoms with Crippen LogP contribution in [0.2, 0.25) is 0 Å². The van der Waals surface area contributed by atoms with Crippen LogP contribution in [0.25, 0.3) is 17.2 Å². The van der Waals surface area contributed by atoms with Crippen molar-refractivity contribution in [2.24, 2.45) is 23.5 Å². The van der Waals surface area contributed by atoms with Crippen LogP contribution in [0.5, 0.6) is 0 Å². The highest BCUT2D eigenvalue weighted by Crippen LogP contribution is 2.32. The lowest BCUT2D eigenvalue weighted by Gasteiger charge is -2.17. The first-order valence-corrected chi connectivity index (χ1v) is 18.9. The fourth-order valence-electron chi connectivity index (χ4n) is 5.53. The summed E-state index contributed by atoms with van der Waals surface area (Å²) in [5, 5.41) is 21.5. The third kappa shape index (κ3) is 12.2. The first-order valence-electron chi connectivity index (χ1n) is 18.9. The maximum absolute atomic E-state index is 14.1. The zero-order chi connectivity index (χ0) is 42.7. The van der Waals surface area contributed by atoms with E-state index in [4.69, 9.17) is 30.1 Å². The molecule has 58 heavy (non-hydrogen) atoms. The molecule has 0 saturated heterocycles. The molecule has 3 aromatic rings. The topological polar surface area (TPSA) is 234 Å². The van der Waals surface area contributed by atoms with E-state index in [9.17, 15) is 33.9 Å². The number of nitrogens with zero attached hydrogens (tertiary/aromatic N) is 1. The summed E-state index contributed by atoms with van der Waals surface area (Å²) in [6.45, 7) is 11.2. The van der Waals surface area contributed by atoms with E-state index >= 15 is 0 Å². The maximum Gasteiger partial charge on any atom is 0.360 e. The normalized spacial score (nSPS) is 13.3. The van der Waals surface area contributed by atoms with Crippen LogP contribution in [-0.2, 0) is 46.4 Å². The van der Waals surface area contributed by atoms with E-state index in [0.717, 1.165) is 12.8 Å². The number of esters is 4. The molecule has 1 amide bonds. The van der Waals surface area contributed by atoms with Crippen LogP contribution in [0.3, 0.4) is 0 Å². The summed E-state index contributed by atoms with van der Waals surface area (Å²) in [6, 6.07) is 11.4. The molecule has 0 aliphatic heterocycles. The third-order valence-electron chi connectivity index (χ3n) is 9.25. The summed E-state index contributed by atoms with van der Waals surface area (Å²) in [6.07, 6.45) is 1.82. The molecule has 1 aromatic heterocycles. The van der Waals surface area contributed by atoms with Gasteiger partial charge in [-0.25, -0.2) is 9.78 Å². The first-order chi connectivity index (χ1) is 27.5. The summed E-state index contributed by atoms with van der Waals surface area (Å²) < 4.78 is 20.5. The molecule has 0 spiro atoms. The second-order valence-corrected chi connectivity index (χ2v) is 14.6. The largest absolute Gasteiger partial charge is 0.427 e. The Balaban J connectivity index is 1.61. The van der Waals surface area contributed by atoms with Gasteiger partial charge in [0.15, 0.2) is 11.5 Å². The Morgan fingerprint density at radius 2 is 1.64 bits per heavy atom. The lowest BCUT2D eigenvalue weighted by Crippen LogP contribution is -2.37. The van der Waals surface area contributed by atoms with Gasteiger partial charge in [-0.2, -0.15) is 0 Å². The second-order valence-electron chi connectivity index (χ2n) is 14.6. The number of amides is 1. The summed E-state index contributed by atoms with van der Waals surface area (Å²) in [4.78, 5) is 81.7. The zero-order valence-electron chi connectivity index (χ0n) is 33.3. The number of ketones is 1. The van der Waals surface area contributed by atoms with E-state index in [1.54, 1.807) is 52.0 Å². The number of rotatable bonds is 20.